The summed E-state index contributed by atoms with van der Waals surface area (Å²) in [5.74, 6) is 0. The lowest BCUT2D eigenvalue weighted by molar-refractivity contribution is -0.912. The lowest BCUT2D eigenvalue weighted by atomic mass is 10.1. The number of hydrogen-bond acceptors (Lipinski definition) is 0. The standard InChI is InChI=1S/C8H18N.ClH/c1-3-9(2)7-5-4-6-8-9;/h3-8H2,1-2H3;1H/q+1;/p-1. The lowest BCUT2D eigenvalue weighted by Gasteiger charge is -2.36. The Morgan fingerprint density at radius 3 is 1.90 bits per heavy atom. The normalized spacial score (nSPS) is 23.4. The van der Waals surface area contributed by atoms with Gasteiger partial charge in [0.05, 0.1) is 26.7 Å². The van der Waals surface area contributed by atoms with E-state index in [1.54, 1.807) is 0 Å². The van der Waals surface area contributed by atoms with Crippen molar-refractivity contribution in [2.75, 3.05) is 26.7 Å². The smallest absolute Gasteiger partial charge is 0.0784 e. The summed E-state index contributed by atoms with van der Waals surface area (Å²) in [7, 11) is 2.37. The Kier molecular flexibility index (Phi) is 4.30. The van der Waals surface area contributed by atoms with E-state index in [0.29, 0.717) is 0 Å². The van der Waals surface area contributed by atoms with Crippen molar-refractivity contribution in [3.8, 4) is 0 Å². The second-order valence-electron chi connectivity index (χ2n) is 3.44. The predicted molar refractivity (Wildman–Crippen MR) is 40.3 cm³/mol. The monoisotopic (exact) mass is 163 g/mol. The van der Waals surface area contributed by atoms with Gasteiger partial charge < -0.3 is 16.9 Å². The van der Waals surface area contributed by atoms with Gasteiger partial charge in [-0.25, -0.2) is 0 Å². The Balaban J connectivity index is 0.000000810. The van der Waals surface area contributed by atoms with Gasteiger partial charge in [-0.1, -0.05) is 0 Å². The van der Waals surface area contributed by atoms with Crippen LogP contribution < -0.4 is 12.4 Å². The fourth-order valence-electron chi connectivity index (χ4n) is 1.59. The summed E-state index contributed by atoms with van der Waals surface area (Å²) in [6, 6.07) is 0. The van der Waals surface area contributed by atoms with E-state index in [1.807, 2.05) is 0 Å². The quantitative estimate of drug-likeness (QED) is 0.419. The number of quaternary nitrogens is 1. The van der Waals surface area contributed by atoms with Crippen LogP contribution in [0.25, 0.3) is 0 Å². The van der Waals surface area contributed by atoms with E-state index < -0.39 is 0 Å². The Hall–Kier alpha value is 0.250. The maximum atomic E-state index is 2.37. The number of likely N-dealkylation sites (tertiary alicyclic amines) is 1. The van der Waals surface area contributed by atoms with Crippen LogP contribution >= 0.6 is 0 Å². The Morgan fingerprint density at radius 1 is 1.10 bits per heavy atom. The fourth-order valence-corrected chi connectivity index (χ4v) is 1.59. The molecule has 1 aliphatic rings. The van der Waals surface area contributed by atoms with Crippen molar-refractivity contribution in [3.63, 3.8) is 0 Å². The van der Waals surface area contributed by atoms with Crippen LogP contribution in [0.1, 0.15) is 26.2 Å². The summed E-state index contributed by atoms with van der Waals surface area (Å²) in [5.41, 5.74) is 0. The van der Waals surface area contributed by atoms with Gasteiger partial charge in [0, 0.05) is 0 Å². The third kappa shape index (κ3) is 2.47. The highest BCUT2D eigenvalue weighted by molar-refractivity contribution is 4.49. The molecule has 10 heavy (non-hydrogen) atoms. The molecule has 1 nitrogen and oxygen atoms in total. The van der Waals surface area contributed by atoms with Crippen molar-refractivity contribution in [2.45, 2.75) is 26.2 Å². The van der Waals surface area contributed by atoms with E-state index in [1.165, 1.54) is 43.4 Å². The molecule has 0 radical (unpaired) electrons. The zero-order valence-electron chi connectivity index (χ0n) is 7.07. The SMILES string of the molecule is CC[N+]1(C)CCCCC1.[Cl-]. The minimum absolute atomic E-state index is 0. The molecule has 1 heterocycles. The summed E-state index contributed by atoms with van der Waals surface area (Å²) in [6.45, 7) is 6.44. The molecule has 1 fully saturated rings. The Labute approximate surface area is 70.4 Å². The van der Waals surface area contributed by atoms with Crippen LogP contribution in [0.2, 0.25) is 0 Å². The maximum Gasteiger partial charge on any atom is 0.0784 e. The first-order chi connectivity index (χ1) is 4.27. The molecule has 62 valence electrons. The average Bonchev–Trinajstić information content (AvgIpc) is 1.90. The van der Waals surface area contributed by atoms with Gasteiger partial charge in [-0.15, -0.1) is 0 Å². The van der Waals surface area contributed by atoms with Crippen molar-refractivity contribution in [1.82, 2.24) is 0 Å². The van der Waals surface area contributed by atoms with Crippen molar-refractivity contribution in [2.24, 2.45) is 0 Å². The molecule has 0 bridgehead atoms. The molecule has 1 saturated heterocycles. The first-order valence-corrected chi connectivity index (χ1v) is 4.10. The third-order valence-corrected chi connectivity index (χ3v) is 2.66. The number of nitrogens with zero attached hydrogens (tertiary/aromatic N) is 1. The fraction of sp³-hybridized carbons (Fsp3) is 1.00. The lowest BCUT2D eigenvalue weighted by Crippen LogP contribution is -3.00. The van der Waals surface area contributed by atoms with Gasteiger partial charge in [-0.05, 0) is 26.2 Å². The van der Waals surface area contributed by atoms with Crippen LogP contribution in [0.15, 0.2) is 0 Å². The van der Waals surface area contributed by atoms with Gasteiger partial charge in [0.15, 0.2) is 0 Å². The predicted octanol–water partition coefficient (Wildman–Crippen LogP) is -1.36. The molecule has 0 N–H and O–H groups in total. The molecule has 0 aromatic carbocycles. The molecule has 0 saturated carbocycles. The average molecular weight is 164 g/mol. The molecule has 0 unspecified atom stereocenters. The van der Waals surface area contributed by atoms with E-state index in [9.17, 15) is 0 Å². The van der Waals surface area contributed by atoms with E-state index in [0.717, 1.165) is 0 Å². The minimum Gasteiger partial charge on any atom is -1.00 e. The van der Waals surface area contributed by atoms with Crippen molar-refractivity contribution < 1.29 is 16.9 Å². The third-order valence-electron chi connectivity index (χ3n) is 2.66. The van der Waals surface area contributed by atoms with Crippen LogP contribution in [0.3, 0.4) is 0 Å². The first-order valence-electron chi connectivity index (χ1n) is 4.10. The molecule has 2 heteroatoms. The topological polar surface area (TPSA) is 0 Å². The largest absolute Gasteiger partial charge is 1.00 e. The van der Waals surface area contributed by atoms with Crippen LogP contribution in [0, 0.1) is 0 Å². The van der Waals surface area contributed by atoms with Gasteiger partial charge in [0.25, 0.3) is 0 Å². The van der Waals surface area contributed by atoms with Gasteiger partial charge >= 0.3 is 0 Å². The van der Waals surface area contributed by atoms with Crippen LogP contribution in [-0.4, -0.2) is 31.2 Å². The number of halogens is 1. The molecule has 1 aliphatic heterocycles. The van der Waals surface area contributed by atoms with E-state index >= 15 is 0 Å². The first kappa shape index (κ1) is 10.2. The summed E-state index contributed by atoms with van der Waals surface area (Å²) in [4.78, 5) is 0. The summed E-state index contributed by atoms with van der Waals surface area (Å²) < 4.78 is 1.32. The highest BCUT2D eigenvalue weighted by Gasteiger charge is 2.21. The summed E-state index contributed by atoms with van der Waals surface area (Å²) in [6.07, 6.45) is 4.36. The van der Waals surface area contributed by atoms with E-state index in [4.69, 9.17) is 0 Å². The maximum absolute atomic E-state index is 2.37. The van der Waals surface area contributed by atoms with Crippen LogP contribution in [0.5, 0.6) is 0 Å². The molecule has 0 aromatic heterocycles. The van der Waals surface area contributed by atoms with Gasteiger partial charge in [-0.3, -0.25) is 0 Å². The molecular formula is C8H18ClN. The second-order valence-corrected chi connectivity index (χ2v) is 3.44. The molecule has 0 aromatic rings. The minimum atomic E-state index is 0. The number of piperidine rings is 1. The van der Waals surface area contributed by atoms with Crippen molar-refractivity contribution in [3.05, 3.63) is 0 Å². The van der Waals surface area contributed by atoms with Crippen LogP contribution in [-0.2, 0) is 0 Å². The molecule has 0 spiro atoms. The molecule has 0 aliphatic carbocycles. The van der Waals surface area contributed by atoms with Gasteiger partial charge in [-0.2, -0.15) is 0 Å². The Bertz CT molecular complexity index is 87.3. The summed E-state index contributed by atoms with van der Waals surface area (Å²) in [5, 5.41) is 0. The van der Waals surface area contributed by atoms with E-state index in [2.05, 4.69) is 14.0 Å². The zero-order valence-corrected chi connectivity index (χ0v) is 7.82. The highest BCUT2D eigenvalue weighted by Crippen LogP contribution is 2.14. The highest BCUT2D eigenvalue weighted by atomic mass is 35.5. The number of rotatable bonds is 1. The molecule has 0 atom stereocenters. The Morgan fingerprint density at radius 2 is 1.60 bits per heavy atom. The van der Waals surface area contributed by atoms with Crippen molar-refractivity contribution >= 4 is 0 Å². The van der Waals surface area contributed by atoms with Crippen molar-refractivity contribution in [1.29, 1.82) is 0 Å². The van der Waals surface area contributed by atoms with Gasteiger partial charge in [0.1, 0.15) is 0 Å². The molecular weight excluding hydrogens is 146 g/mol. The molecule has 1 rings (SSSR count). The van der Waals surface area contributed by atoms with Gasteiger partial charge in [0.2, 0.25) is 0 Å². The number of hydrogen-bond donors (Lipinski definition) is 0. The van der Waals surface area contributed by atoms with Crippen LogP contribution in [0.4, 0.5) is 0 Å². The zero-order chi connectivity index (χ0) is 6.74. The summed E-state index contributed by atoms with van der Waals surface area (Å²) >= 11 is 0. The molecule has 0 amide bonds. The van der Waals surface area contributed by atoms with E-state index in [-0.39, 0.29) is 12.4 Å². The second kappa shape index (κ2) is 4.20.